The maximum Gasteiger partial charge on any atom is 0.0386 e. The molecule has 1 nitrogen and oxygen atoms in total. The second kappa shape index (κ2) is 6.69. The van der Waals surface area contributed by atoms with Gasteiger partial charge in [0.1, 0.15) is 0 Å². The summed E-state index contributed by atoms with van der Waals surface area (Å²) in [5.74, 6) is 0. The molecule has 0 aliphatic carbocycles. The van der Waals surface area contributed by atoms with E-state index >= 15 is 0 Å². The van der Waals surface area contributed by atoms with Gasteiger partial charge in [0, 0.05) is 20.3 Å². The lowest BCUT2D eigenvalue weighted by atomic mass is 10.1. The van der Waals surface area contributed by atoms with Crippen LogP contribution >= 0.6 is 27.3 Å². The number of halogens is 1. The molecule has 0 amide bonds. The van der Waals surface area contributed by atoms with Gasteiger partial charge in [-0.15, -0.1) is 11.3 Å². The molecular weight excluding hydrogens is 318 g/mol. The van der Waals surface area contributed by atoms with Gasteiger partial charge in [-0.3, -0.25) is 0 Å². The van der Waals surface area contributed by atoms with Gasteiger partial charge in [-0.05, 0) is 62.2 Å². The fourth-order valence-electron chi connectivity index (χ4n) is 2.10. The molecular formula is C16H20BrNS. The molecule has 102 valence electrons. The first kappa shape index (κ1) is 14.8. The van der Waals surface area contributed by atoms with Crippen LogP contribution in [0.5, 0.6) is 0 Å². The average Bonchev–Trinajstić information content (AvgIpc) is 2.85. The predicted octanol–water partition coefficient (Wildman–Crippen LogP) is 5.55. The lowest BCUT2D eigenvalue weighted by molar-refractivity contribution is 0.578. The molecule has 1 atom stereocenters. The Kier molecular flexibility index (Phi) is 5.20. The van der Waals surface area contributed by atoms with Crippen molar-refractivity contribution in [1.82, 2.24) is 5.32 Å². The van der Waals surface area contributed by atoms with E-state index in [9.17, 15) is 0 Å². The molecule has 1 aromatic heterocycles. The van der Waals surface area contributed by atoms with E-state index in [1.54, 1.807) is 0 Å². The van der Waals surface area contributed by atoms with Crippen LogP contribution in [0.3, 0.4) is 0 Å². The maximum absolute atomic E-state index is 3.54. The molecule has 0 aliphatic heterocycles. The standard InChI is InChI=1S/C16H20BrNS/c1-4-9-18-12(3)15-7-8-16(19-15)14-6-5-13(17)10-11(14)2/h5-8,10,12,18H,4,9H2,1-3H3. The first-order valence-corrected chi connectivity index (χ1v) is 8.32. The van der Waals surface area contributed by atoms with E-state index < -0.39 is 0 Å². The van der Waals surface area contributed by atoms with Crippen LogP contribution in [0.25, 0.3) is 10.4 Å². The molecule has 1 aromatic carbocycles. The second-order valence-electron chi connectivity index (χ2n) is 4.84. The van der Waals surface area contributed by atoms with Crippen molar-refractivity contribution in [3.8, 4) is 10.4 Å². The van der Waals surface area contributed by atoms with Crippen molar-refractivity contribution in [2.24, 2.45) is 0 Å². The zero-order chi connectivity index (χ0) is 13.8. The fraction of sp³-hybridized carbons (Fsp3) is 0.375. The van der Waals surface area contributed by atoms with Crippen LogP contribution in [0.2, 0.25) is 0 Å². The molecule has 1 unspecified atom stereocenters. The smallest absolute Gasteiger partial charge is 0.0386 e. The Morgan fingerprint density at radius 1 is 1.26 bits per heavy atom. The highest BCUT2D eigenvalue weighted by Crippen LogP contribution is 2.34. The lowest BCUT2D eigenvalue weighted by Gasteiger charge is -2.10. The van der Waals surface area contributed by atoms with Gasteiger partial charge in [0.15, 0.2) is 0 Å². The van der Waals surface area contributed by atoms with Crippen molar-refractivity contribution in [3.05, 3.63) is 45.2 Å². The molecule has 0 aliphatic rings. The Balaban J connectivity index is 2.20. The summed E-state index contributed by atoms with van der Waals surface area (Å²) in [6.07, 6.45) is 1.17. The quantitative estimate of drug-likeness (QED) is 0.754. The number of hydrogen-bond donors (Lipinski definition) is 1. The molecule has 2 aromatic rings. The number of nitrogens with one attached hydrogen (secondary N) is 1. The van der Waals surface area contributed by atoms with Crippen LogP contribution in [0.1, 0.15) is 36.8 Å². The van der Waals surface area contributed by atoms with E-state index in [0.29, 0.717) is 6.04 Å². The van der Waals surface area contributed by atoms with Gasteiger partial charge >= 0.3 is 0 Å². The van der Waals surface area contributed by atoms with Gasteiger partial charge in [0.25, 0.3) is 0 Å². The highest BCUT2D eigenvalue weighted by Gasteiger charge is 2.10. The summed E-state index contributed by atoms with van der Waals surface area (Å²) in [5, 5.41) is 3.54. The highest BCUT2D eigenvalue weighted by atomic mass is 79.9. The molecule has 0 saturated heterocycles. The molecule has 3 heteroatoms. The van der Waals surface area contributed by atoms with Crippen molar-refractivity contribution in [2.75, 3.05) is 6.54 Å². The number of aryl methyl sites for hydroxylation is 1. The zero-order valence-corrected chi connectivity index (χ0v) is 14.1. The van der Waals surface area contributed by atoms with Gasteiger partial charge < -0.3 is 5.32 Å². The van der Waals surface area contributed by atoms with Crippen LogP contribution in [0.15, 0.2) is 34.8 Å². The van der Waals surface area contributed by atoms with Crippen LogP contribution in [-0.2, 0) is 0 Å². The minimum absolute atomic E-state index is 0.439. The number of hydrogen-bond acceptors (Lipinski definition) is 2. The second-order valence-corrected chi connectivity index (χ2v) is 6.87. The molecule has 2 rings (SSSR count). The first-order valence-electron chi connectivity index (χ1n) is 6.71. The third-order valence-corrected chi connectivity index (χ3v) is 5.00. The van der Waals surface area contributed by atoms with E-state index in [2.05, 4.69) is 72.3 Å². The van der Waals surface area contributed by atoms with E-state index in [1.165, 1.54) is 27.3 Å². The van der Waals surface area contributed by atoms with Crippen molar-refractivity contribution in [2.45, 2.75) is 33.2 Å². The van der Waals surface area contributed by atoms with Crippen LogP contribution < -0.4 is 5.32 Å². The topological polar surface area (TPSA) is 12.0 Å². The summed E-state index contributed by atoms with van der Waals surface area (Å²) >= 11 is 5.41. The monoisotopic (exact) mass is 337 g/mol. The Morgan fingerprint density at radius 3 is 2.74 bits per heavy atom. The predicted molar refractivity (Wildman–Crippen MR) is 88.9 cm³/mol. The molecule has 0 spiro atoms. The van der Waals surface area contributed by atoms with Gasteiger partial charge in [0.05, 0.1) is 0 Å². The molecule has 1 N–H and O–H groups in total. The van der Waals surface area contributed by atoms with Crippen LogP contribution in [-0.4, -0.2) is 6.54 Å². The number of benzene rings is 1. The Labute approximate surface area is 128 Å². The van der Waals surface area contributed by atoms with Crippen molar-refractivity contribution >= 4 is 27.3 Å². The van der Waals surface area contributed by atoms with E-state index in [-0.39, 0.29) is 0 Å². The first-order chi connectivity index (χ1) is 9.11. The lowest BCUT2D eigenvalue weighted by Crippen LogP contribution is -2.18. The Morgan fingerprint density at radius 2 is 2.05 bits per heavy atom. The van der Waals surface area contributed by atoms with E-state index in [1.807, 2.05) is 11.3 Å². The summed E-state index contributed by atoms with van der Waals surface area (Å²) in [4.78, 5) is 2.76. The normalized spacial score (nSPS) is 12.6. The third kappa shape index (κ3) is 3.68. The summed E-state index contributed by atoms with van der Waals surface area (Å²) in [6.45, 7) is 7.68. The van der Waals surface area contributed by atoms with Gasteiger partial charge in [0.2, 0.25) is 0 Å². The summed E-state index contributed by atoms with van der Waals surface area (Å²) < 4.78 is 1.14. The van der Waals surface area contributed by atoms with Crippen LogP contribution in [0, 0.1) is 6.92 Å². The Bertz CT molecular complexity index is 547. The Hall–Kier alpha value is -0.640. The average molecular weight is 338 g/mol. The van der Waals surface area contributed by atoms with Crippen LogP contribution in [0.4, 0.5) is 0 Å². The van der Waals surface area contributed by atoms with Gasteiger partial charge in [-0.25, -0.2) is 0 Å². The zero-order valence-electron chi connectivity index (χ0n) is 11.7. The maximum atomic E-state index is 3.54. The molecule has 0 bridgehead atoms. The number of thiophene rings is 1. The largest absolute Gasteiger partial charge is 0.309 e. The highest BCUT2D eigenvalue weighted by molar-refractivity contribution is 9.10. The number of rotatable bonds is 5. The van der Waals surface area contributed by atoms with Gasteiger partial charge in [-0.1, -0.05) is 28.9 Å². The molecule has 0 radical (unpaired) electrons. The summed E-state index contributed by atoms with van der Waals surface area (Å²) in [5.41, 5.74) is 2.65. The van der Waals surface area contributed by atoms with Crippen molar-refractivity contribution < 1.29 is 0 Å². The van der Waals surface area contributed by atoms with Crippen molar-refractivity contribution in [1.29, 1.82) is 0 Å². The SMILES string of the molecule is CCCNC(C)c1ccc(-c2ccc(Br)cc2C)s1. The molecule has 0 saturated carbocycles. The van der Waals surface area contributed by atoms with Gasteiger partial charge in [-0.2, -0.15) is 0 Å². The van der Waals surface area contributed by atoms with E-state index in [4.69, 9.17) is 0 Å². The third-order valence-electron chi connectivity index (χ3n) is 3.21. The molecule has 0 fully saturated rings. The fourth-order valence-corrected chi connectivity index (χ4v) is 3.70. The summed E-state index contributed by atoms with van der Waals surface area (Å²) in [6, 6.07) is 11.4. The minimum atomic E-state index is 0.439. The molecule has 19 heavy (non-hydrogen) atoms. The minimum Gasteiger partial charge on any atom is -0.309 e. The van der Waals surface area contributed by atoms with E-state index in [0.717, 1.165) is 11.0 Å². The summed E-state index contributed by atoms with van der Waals surface area (Å²) in [7, 11) is 0. The van der Waals surface area contributed by atoms with Crippen molar-refractivity contribution in [3.63, 3.8) is 0 Å². The molecule has 1 heterocycles.